The summed E-state index contributed by atoms with van der Waals surface area (Å²) < 4.78 is 2.09. The molecule has 0 saturated carbocycles. The molecule has 0 amide bonds. The second kappa shape index (κ2) is 7.16. The van der Waals surface area contributed by atoms with Gasteiger partial charge in [-0.05, 0) is 44.0 Å². The van der Waals surface area contributed by atoms with E-state index in [4.69, 9.17) is 0 Å². The number of hydrogen-bond donors (Lipinski definition) is 1. The zero-order chi connectivity index (χ0) is 15.2. The third kappa shape index (κ3) is 3.78. The van der Waals surface area contributed by atoms with Crippen LogP contribution in [0.4, 0.5) is 11.6 Å². The van der Waals surface area contributed by atoms with E-state index in [0.29, 0.717) is 5.92 Å². The zero-order valence-corrected chi connectivity index (χ0v) is 13.5. The minimum Gasteiger partial charge on any atom is -0.372 e. The number of nitrogens with zero attached hydrogens (tertiary/aromatic N) is 3. The van der Waals surface area contributed by atoms with E-state index < -0.39 is 0 Å². The predicted octanol–water partition coefficient (Wildman–Crippen LogP) is 3.79. The molecule has 0 aliphatic carbocycles. The molecule has 0 aliphatic heterocycles. The average Bonchev–Trinajstić information content (AvgIpc) is 2.95. The Morgan fingerprint density at radius 1 is 1.14 bits per heavy atom. The summed E-state index contributed by atoms with van der Waals surface area (Å²) in [4.78, 5) is 6.74. The first-order chi connectivity index (χ1) is 10.2. The lowest BCUT2D eigenvalue weighted by molar-refractivity contribution is 0.683. The molecule has 0 saturated heterocycles. The summed E-state index contributed by atoms with van der Waals surface area (Å²) in [5, 5.41) is 3.39. The summed E-state index contributed by atoms with van der Waals surface area (Å²) in [5.41, 5.74) is 2.40. The second-order valence-corrected chi connectivity index (χ2v) is 5.58. The van der Waals surface area contributed by atoms with Crippen molar-refractivity contribution in [3.63, 3.8) is 0 Å². The Labute approximate surface area is 127 Å². The van der Waals surface area contributed by atoms with Crippen molar-refractivity contribution in [1.29, 1.82) is 0 Å². The number of benzene rings is 1. The Bertz CT molecular complexity index is 538. The fourth-order valence-electron chi connectivity index (χ4n) is 2.35. The van der Waals surface area contributed by atoms with Crippen molar-refractivity contribution in [2.24, 2.45) is 5.92 Å². The quantitative estimate of drug-likeness (QED) is 0.840. The van der Waals surface area contributed by atoms with Crippen LogP contribution in [-0.4, -0.2) is 29.2 Å². The zero-order valence-electron chi connectivity index (χ0n) is 13.5. The molecule has 2 aromatic rings. The minimum atomic E-state index is 0.597. The molecular formula is C17H26N4. The van der Waals surface area contributed by atoms with Crippen molar-refractivity contribution in [2.75, 3.05) is 29.9 Å². The van der Waals surface area contributed by atoms with E-state index in [0.717, 1.165) is 31.3 Å². The standard InChI is InChI=1S/C17H26N4/c1-5-20(6-2)15-7-9-16(10-8-15)21-12-11-18-17(21)19-13-14(3)4/h7-12,14H,5-6,13H2,1-4H3,(H,18,19). The molecule has 0 spiro atoms. The third-order valence-corrected chi connectivity index (χ3v) is 3.57. The summed E-state index contributed by atoms with van der Waals surface area (Å²) in [7, 11) is 0. The Morgan fingerprint density at radius 3 is 2.38 bits per heavy atom. The summed E-state index contributed by atoms with van der Waals surface area (Å²) >= 11 is 0. The van der Waals surface area contributed by atoms with Crippen LogP contribution in [0.1, 0.15) is 27.7 Å². The van der Waals surface area contributed by atoms with Crippen molar-refractivity contribution >= 4 is 11.6 Å². The number of imidazole rings is 1. The number of nitrogens with one attached hydrogen (secondary N) is 1. The van der Waals surface area contributed by atoms with E-state index in [1.165, 1.54) is 5.69 Å². The van der Waals surface area contributed by atoms with E-state index in [1.807, 2.05) is 12.4 Å². The van der Waals surface area contributed by atoms with E-state index in [2.05, 4.69) is 71.7 Å². The fraction of sp³-hybridized carbons (Fsp3) is 0.471. The lowest BCUT2D eigenvalue weighted by atomic mass is 10.2. The van der Waals surface area contributed by atoms with Crippen molar-refractivity contribution < 1.29 is 0 Å². The highest BCUT2D eigenvalue weighted by Gasteiger charge is 2.06. The van der Waals surface area contributed by atoms with Gasteiger partial charge in [-0.1, -0.05) is 13.8 Å². The maximum absolute atomic E-state index is 4.40. The van der Waals surface area contributed by atoms with E-state index in [-0.39, 0.29) is 0 Å². The smallest absolute Gasteiger partial charge is 0.207 e. The van der Waals surface area contributed by atoms with Crippen LogP contribution in [0, 0.1) is 5.92 Å². The van der Waals surface area contributed by atoms with Gasteiger partial charge < -0.3 is 10.2 Å². The maximum Gasteiger partial charge on any atom is 0.207 e. The molecule has 1 aromatic heterocycles. The largest absolute Gasteiger partial charge is 0.372 e. The lowest BCUT2D eigenvalue weighted by Gasteiger charge is -2.21. The molecule has 0 atom stereocenters. The fourth-order valence-corrected chi connectivity index (χ4v) is 2.35. The van der Waals surface area contributed by atoms with Crippen molar-refractivity contribution in [3.05, 3.63) is 36.7 Å². The number of aromatic nitrogens is 2. The van der Waals surface area contributed by atoms with Gasteiger partial charge in [-0.15, -0.1) is 0 Å². The molecule has 1 heterocycles. The number of hydrogen-bond acceptors (Lipinski definition) is 3. The first-order valence-electron chi connectivity index (χ1n) is 7.78. The molecule has 1 N–H and O–H groups in total. The SMILES string of the molecule is CCN(CC)c1ccc(-n2ccnc2NCC(C)C)cc1. The van der Waals surface area contributed by atoms with Crippen molar-refractivity contribution in [3.8, 4) is 5.69 Å². The molecule has 114 valence electrons. The van der Waals surface area contributed by atoms with Crippen LogP contribution in [-0.2, 0) is 0 Å². The van der Waals surface area contributed by atoms with Crippen molar-refractivity contribution in [2.45, 2.75) is 27.7 Å². The Hall–Kier alpha value is -1.97. The van der Waals surface area contributed by atoms with Crippen LogP contribution in [0.3, 0.4) is 0 Å². The monoisotopic (exact) mass is 286 g/mol. The molecule has 0 fully saturated rings. The van der Waals surface area contributed by atoms with Crippen LogP contribution >= 0.6 is 0 Å². The van der Waals surface area contributed by atoms with Crippen LogP contribution < -0.4 is 10.2 Å². The van der Waals surface area contributed by atoms with Crippen LogP contribution in [0.5, 0.6) is 0 Å². The summed E-state index contributed by atoms with van der Waals surface area (Å²) in [6.45, 7) is 11.7. The number of anilines is 2. The van der Waals surface area contributed by atoms with Gasteiger partial charge in [0.15, 0.2) is 0 Å². The Morgan fingerprint density at radius 2 is 1.81 bits per heavy atom. The highest BCUT2D eigenvalue weighted by atomic mass is 15.2. The van der Waals surface area contributed by atoms with Crippen LogP contribution in [0.2, 0.25) is 0 Å². The molecule has 2 rings (SSSR count). The summed E-state index contributed by atoms with van der Waals surface area (Å²) in [5.74, 6) is 1.50. The van der Waals surface area contributed by atoms with Gasteiger partial charge in [-0.25, -0.2) is 4.98 Å². The van der Waals surface area contributed by atoms with Gasteiger partial charge in [-0.2, -0.15) is 0 Å². The predicted molar refractivity (Wildman–Crippen MR) is 90.5 cm³/mol. The molecule has 0 bridgehead atoms. The van der Waals surface area contributed by atoms with Crippen molar-refractivity contribution in [1.82, 2.24) is 9.55 Å². The van der Waals surface area contributed by atoms with Gasteiger partial charge in [0.25, 0.3) is 0 Å². The first-order valence-corrected chi connectivity index (χ1v) is 7.78. The number of rotatable bonds is 7. The normalized spacial score (nSPS) is 10.9. The molecule has 4 heteroatoms. The van der Waals surface area contributed by atoms with Crippen LogP contribution in [0.25, 0.3) is 5.69 Å². The van der Waals surface area contributed by atoms with Gasteiger partial charge in [0.05, 0.1) is 0 Å². The van der Waals surface area contributed by atoms with E-state index >= 15 is 0 Å². The van der Waals surface area contributed by atoms with Crippen LogP contribution in [0.15, 0.2) is 36.7 Å². The van der Waals surface area contributed by atoms with Gasteiger partial charge in [0.2, 0.25) is 5.95 Å². The Balaban J connectivity index is 2.17. The van der Waals surface area contributed by atoms with Gasteiger partial charge in [0, 0.05) is 43.4 Å². The Kier molecular flexibility index (Phi) is 5.26. The van der Waals surface area contributed by atoms with E-state index in [9.17, 15) is 0 Å². The molecular weight excluding hydrogens is 260 g/mol. The average molecular weight is 286 g/mol. The van der Waals surface area contributed by atoms with Gasteiger partial charge >= 0.3 is 0 Å². The minimum absolute atomic E-state index is 0.597. The highest BCUT2D eigenvalue weighted by Crippen LogP contribution is 2.20. The van der Waals surface area contributed by atoms with Gasteiger partial charge in [-0.3, -0.25) is 4.57 Å². The van der Waals surface area contributed by atoms with Gasteiger partial charge in [0.1, 0.15) is 0 Å². The van der Waals surface area contributed by atoms with E-state index in [1.54, 1.807) is 0 Å². The molecule has 21 heavy (non-hydrogen) atoms. The summed E-state index contributed by atoms with van der Waals surface area (Å²) in [6.07, 6.45) is 3.83. The molecule has 4 nitrogen and oxygen atoms in total. The molecule has 1 aromatic carbocycles. The maximum atomic E-state index is 4.40. The molecule has 0 unspecified atom stereocenters. The second-order valence-electron chi connectivity index (χ2n) is 5.58. The first kappa shape index (κ1) is 15.4. The topological polar surface area (TPSA) is 33.1 Å². The third-order valence-electron chi connectivity index (χ3n) is 3.57. The highest BCUT2D eigenvalue weighted by molar-refractivity contribution is 5.52. The summed E-state index contributed by atoms with van der Waals surface area (Å²) in [6, 6.07) is 8.65. The molecule has 0 aliphatic rings. The lowest BCUT2D eigenvalue weighted by Crippen LogP contribution is -2.21. The molecule has 0 radical (unpaired) electrons.